The smallest absolute Gasteiger partial charge is 0.251 e. The monoisotopic (exact) mass is 694 g/mol. The fraction of sp³-hybridized carbons (Fsp3) is 0.0612. The maximum atomic E-state index is 7.05. The van der Waals surface area contributed by atoms with E-state index in [2.05, 4.69) is 176 Å². The summed E-state index contributed by atoms with van der Waals surface area (Å²) >= 11 is 0. The van der Waals surface area contributed by atoms with Crippen LogP contribution in [0.15, 0.2) is 156 Å². The van der Waals surface area contributed by atoms with Crippen LogP contribution in [0.4, 0.5) is 23.0 Å². The van der Waals surface area contributed by atoms with Gasteiger partial charge in [-0.3, -0.25) is 0 Å². The van der Waals surface area contributed by atoms with Crippen LogP contribution in [0, 0.1) is 20.8 Å². The van der Waals surface area contributed by atoms with Crippen molar-refractivity contribution in [1.82, 2.24) is 9.97 Å². The van der Waals surface area contributed by atoms with Crippen LogP contribution in [0.1, 0.15) is 16.7 Å². The van der Waals surface area contributed by atoms with Gasteiger partial charge in [0, 0.05) is 32.8 Å². The number of aromatic nitrogens is 2. The number of nitrogens with zero attached hydrogens (tertiary/aromatic N) is 4. The van der Waals surface area contributed by atoms with Gasteiger partial charge in [-0.15, -0.1) is 0 Å². The lowest BCUT2D eigenvalue weighted by atomic mass is 9.87. The summed E-state index contributed by atoms with van der Waals surface area (Å²) in [6.07, 6.45) is 0. The molecule has 54 heavy (non-hydrogen) atoms. The number of rotatable bonds is 3. The Bertz CT molecular complexity index is 3140. The van der Waals surface area contributed by atoms with Crippen molar-refractivity contribution in [1.29, 1.82) is 0 Å². The van der Waals surface area contributed by atoms with Gasteiger partial charge in [-0.2, -0.15) is 0 Å². The van der Waals surface area contributed by atoms with Crippen LogP contribution in [0.2, 0.25) is 0 Å². The SMILES string of the molecule is Cc1cc(C)c(-c2nc(N3c4c(c5ccccc5c5c4oc4ccccc45)-c4c(ccc5ccccc45)N3c3ccccc3)nc3ccccc23)c(C)c1. The third-order valence-electron chi connectivity index (χ3n) is 11.0. The third-order valence-corrected chi connectivity index (χ3v) is 11.0. The van der Waals surface area contributed by atoms with Crippen LogP contribution >= 0.6 is 0 Å². The molecule has 0 atom stereocenters. The number of hydrogen-bond acceptors (Lipinski definition) is 5. The molecule has 0 bridgehead atoms. The summed E-state index contributed by atoms with van der Waals surface area (Å²) in [4.78, 5) is 11.1. The first-order valence-corrected chi connectivity index (χ1v) is 18.4. The summed E-state index contributed by atoms with van der Waals surface area (Å²) < 4.78 is 7.05. The largest absolute Gasteiger partial charge is 0.454 e. The predicted octanol–water partition coefficient (Wildman–Crippen LogP) is 13.3. The van der Waals surface area contributed by atoms with Crippen LogP contribution in [0.25, 0.3) is 76.8 Å². The number of fused-ring (bicyclic) bond motifs is 13. The molecule has 0 radical (unpaired) electrons. The lowest BCUT2D eigenvalue weighted by Gasteiger charge is -2.43. The lowest BCUT2D eigenvalue weighted by molar-refractivity contribution is 0.667. The van der Waals surface area contributed by atoms with Gasteiger partial charge in [-0.05, 0) is 83.8 Å². The van der Waals surface area contributed by atoms with E-state index in [1.165, 1.54) is 27.5 Å². The maximum Gasteiger partial charge on any atom is 0.251 e. The summed E-state index contributed by atoms with van der Waals surface area (Å²) in [6.45, 7) is 6.52. The summed E-state index contributed by atoms with van der Waals surface area (Å²) in [7, 11) is 0. The van der Waals surface area contributed by atoms with E-state index in [4.69, 9.17) is 14.4 Å². The topological polar surface area (TPSA) is 45.4 Å². The van der Waals surface area contributed by atoms with Crippen molar-refractivity contribution in [3.8, 4) is 22.4 Å². The van der Waals surface area contributed by atoms with Crippen LogP contribution in [0.3, 0.4) is 0 Å². The van der Waals surface area contributed by atoms with Gasteiger partial charge in [-0.1, -0.05) is 127 Å². The van der Waals surface area contributed by atoms with Gasteiger partial charge < -0.3 is 4.42 Å². The minimum Gasteiger partial charge on any atom is -0.454 e. The number of anilines is 4. The Morgan fingerprint density at radius 3 is 1.94 bits per heavy atom. The van der Waals surface area contributed by atoms with E-state index >= 15 is 0 Å². The minimum atomic E-state index is 0.559. The molecule has 0 spiro atoms. The molecule has 5 nitrogen and oxygen atoms in total. The average Bonchev–Trinajstić information content (AvgIpc) is 3.60. The van der Waals surface area contributed by atoms with Crippen molar-refractivity contribution in [2.24, 2.45) is 0 Å². The Morgan fingerprint density at radius 2 is 1.15 bits per heavy atom. The number of para-hydroxylation sites is 3. The maximum absolute atomic E-state index is 7.05. The van der Waals surface area contributed by atoms with Gasteiger partial charge in [0.05, 0.1) is 22.6 Å². The van der Waals surface area contributed by atoms with E-state index in [0.717, 1.165) is 83.1 Å². The standard InChI is InChI=1S/C49H34N4O/c1-29-27-30(2)42(31(3)28-29)46-37-21-11-13-23-39(37)50-49(51-46)53-47-45(36-20-10-9-19-35(36)43-38-22-12-14-24-41(38)54-48(43)47)44-34-18-8-7-15-32(34)25-26-40(44)52(53)33-16-5-4-6-17-33/h4-28H,1-3H3. The first-order valence-electron chi connectivity index (χ1n) is 18.4. The van der Waals surface area contributed by atoms with Crippen molar-refractivity contribution in [3.05, 3.63) is 168 Å². The first kappa shape index (κ1) is 30.6. The molecule has 256 valence electrons. The van der Waals surface area contributed by atoms with Crippen molar-refractivity contribution in [2.45, 2.75) is 20.8 Å². The van der Waals surface area contributed by atoms with E-state index in [9.17, 15) is 0 Å². The predicted molar refractivity (Wildman–Crippen MR) is 224 cm³/mol. The Labute approximate surface area is 312 Å². The summed E-state index contributed by atoms with van der Waals surface area (Å²) in [5.74, 6) is 0.559. The number of benzene rings is 8. The van der Waals surface area contributed by atoms with Crippen molar-refractivity contribution < 1.29 is 4.42 Å². The van der Waals surface area contributed by atoms with Crippen molar-refractivity contribution >= 4 is 77.4 Å². The van der Waals surface area contributed by atoms with E-state index in [-0.39, 0.29) is 0 Å². The molecule has 0 amide bonds. The number of furan rings is 1. The van der Waals surface area contributed by atoms with Gasteiger partial charge >= 0.3 is 0 Å². The zero-order chi connectivity index (χ0) is 36.1. The fourth-order valence-electron chi connectivity index (χ4n) is 8.92. The molecular weight excluding hydrogens is 661 g/mol. The van der Waals surface area contributed by atoms with Crippen LogP contribution in [0.5, 0.6) is 0 Å². The normalized spacial score (nSPS) is 12.6. The molecule has 1 aliphatic heterocycles. The molecule has 0 N–H and O–H groups in total. The van der Waals surface area contributed by atoms with Gasteiger partial charge in [0.15, 0.2) is 5.58 Å². The first-order chi connectivity index (χ1) is 26.5. The molecule has 8 aromatic carbocycles. The van der Waals surface area contributed by atoms with E-state index < -0.39 is 0 Å². The highest BCUT2D eigenvalue weighted by atomic mass is 16.3. The molecule has 0 saturated heterocycles. The third kappa shape index (κ3) is 4.33. The second-order valence-corrected chi connectivity index (χ2v) is 14.4. The fourth-order valence-corrected chi connectivity index (χ4v) is 8.92. The van der Waals surface area contributed by atoms with E-state index in [0.29, 0.717) is 5.95 Å². The molecule has 10 aromatic rings. The highest BCUT2D eigenvalue weighted by Gasteiger charge is 2.39. The highest BCUT2D eigenvalue weighted by molar-refractivity contribution is 6.30. The molecule has 0 unspecified atom stereocenters. The zero-order valence-corrected chi connectivity index (χ0v) is 30.1. The molecular formula is C49H34N4O. The molecule has 2 aromatic heterocycles. The summed E-state index contributed by atoms with van der Waals surface area (Å²) in [5.41, 5.74) is 13.3. The van der Waals surface area contributed by atoms with Gasteiger partial charge in [0.2, 0.25) is 0 Å². The van der Waals surface area contributed by atoms with Crippen LogP contribution < -0.4 is 10.0 Å². The van der Waals surface area contributed by atoms with Crippen molar-refractivity contribution in [2.75, 3.05) is 10.0 Å². The van der Waals surface area contributed by atoms with Crippen LogP contribution in [-0.4, -0.2) is 9.97 Å². The Kier molecular flexibility index (Phi) is 6.53. The van der Waals surface area contributed by atoms with E-state index in [1.54, 1.807) is 0 Å². The minimum absolute atomic E-state index is 0.559. The van der Waals surface area contributed by atoms with Gasteiger partial charge in [-0.25, -0.2) is 20.0 Å². The Hall–Kier alpha value is -6.98. The number of aryl methyl sites for hydroxylation is 3. The quantitative estimate of drug-likeness (QED) is 0.184. The van der Waals surface area contributed by atoms with Crippen LogP contribution in [-0.2, 0) is 0 Å². The lowest BCUT2D eigenvalue weighted by Crippen LogP contribution is -2.40. The summed E-state index contributed by atoms with van der Waals surface area (Å²) in [5, 5.41) is 12.3. The molecule has 0 fully saturated rings. The Morgan fingerprint density at radius 1 is 0.500 bits per heavy atom. The van der Waals surface area contributed by atoms with Gasteiger partial charge in [0.1, 0.15) is 11.3 Å². The van der Waals surface area contributed by atoms with E-state index in [1.807, 2.05) is 6.07 Å². The highest BCUT2D eigenvalue weighted by Crippen LogP contribution is 2.58. The molecule has 1 aliphatic rings. The average molecular weight is 695 g/mol. The molecule has 0 aliphatic carbocycles. The number of hydrazine groups is 1. The molecule has 0 saturated carbocycles. The molecule has 5 heteroatoms. The second-order valence-electron chi connectivity index (χ2n) is 14.4. The number of hydrogen-bond donors (Lipinski definition) is 0. The Balaban J connectivity index is 1.37. The zero-order valence-electron chi connectivity index (χ0n) is 30.1. The van der Waals surface area contributed by atoms with Gasteiger partial charge in [0.25, 0.3) is 5.95 Å². The summed E-state index contributed by atoms with van der Waals surface area (Å²) in [6, 6.07) is 53.7. The molecule has 11 rings (SSSR count). The molecule has 3 heterocycles. The van der Waals surface area contributed by atoms with Crippen molar-refractivity contribution in [3.63, 3.8) is 0 Å². The second kappa shape index (κ2) is 11.5.